The molecule has 1 aromatic carbocycles. The highest BCUT2D eigenvalue weighted by atomic mass is 16.3. The predicted molar refractivity (Wildman–Crippen MR) is 65.7 cm³/mol. The van der Waals surface area contributed by atoms with E-state index in [-0.39, 0.29) is 12.5 Å². The zero-order valence-electron chi connectivity index (χ0n) is 10.2. The Morgan fingerprint density at radius 3 is 2.53 bits per heavy atom. The van der Waals surface area contributed by atoms with Crippen molar-refractivity contribution in [2.75, 3.05) is 6.61 Å². The summed E-state index contributed by atoms with van der Waals surface area (Å²) in [7, 11) is 1.87. The second-order valence-electron chi connectivity index (χ2n) is 4.29. The monoisotopic (exact) mass is 231 g/mol. The Kier molecular flexibility index (Phi) is 3.54. The van der Waals surface area contributed by atoms with Crippen LogP contribution in [0.25, 0.3) is 0 Å². The van der Waals surface area contributed by atoms with Gasteiger partial charge < -0.3 is 5.11 Å². The topological polar surface area (TPSA) is 50.9 Å². The summed E-state index contributed by atoms with van der Waals surface area (Å²) in [5.41, 5.74) is 2.37. The summed E-state index contributed by atoms with van der Waals surface area (Å²) in [6.45, 7) is 2.18. The molecular weight excluding hydrogens is 214 g/mol. The van der Waals surface area contributed by atoms with Crippen LogP contribution in [-0.4, -0.2) is 26.5 Å². The lowest BCUT2D eigenvalue weighted by Gasteiger charge is -2.14. The van der Waals surface area contributed by atoms with E-state index in [0.717, 1.165) is 11.4 Å². The molecule has 0 spiro atoms. The average molecular weight is 231 g/mol. The molecule has 4 nitrogen and oxygen atoms in total. The maximum absolute atomic E-state index is 9.48. The normalized spacial score (nSPS) is 12.6. The SMILES string of the molecule is Cc1ccc(C(CO)Cc2ncnn2C)cc1. The number of aryl methyl sites for hydroxylation is 2. The molecule has 90 valence electrons. The predicted octanol–water partition coefficient (Wildman–Crippen LogP) is 1.44. The van der Waals surface area contributed by atoms with Gasteiger partial charge in [-0.1, -0.05) is 29.8 Å². The lowest BCUT2D eigenvalue weighted by Crippen LogP contribution is -2.11. The van der Waals surface area contributed by atoms with Gasteiger partial charge >= 0.3 is 0 Å². The van der Waals surface area contributed by atoms with Crippen molar-refractivity contribution >= 4 is 0 Å². The van der Waals surface area contributed by atoms with E-state index >= 15 is 0 Å². The van der Waals surface area contributed by atoms with Gasteiger partial charge in [0.15, 0.2) is 0 Å². The Labute approximate surface area is 101 Å². The summed E-state index contributed by atoms with van der Waals surface area (Å²) in [6.07, 6.45) is 2.25. The highest BCUT2D eigenvalue weighted by molar-refractivity contribution is 5.25. The summed E-state index contributed by atoms with van der Waals surface area (Å²) in [4.78, 5) is 4.19. The van der Waals surface area contributed by atoms with Crippen molar-refractivity contribution in [3.8, 4) is 0 Å². The first kappa shape index (κ1) is 11.8. The van der Waals surface area contributed by atoms with E-state index in [1.165, 1.54) is 5.56 Å². The number of aromatic nitrogens is 3. The average Bonchev–Trinajstić information content (AvgIpc) is 2.73. The first-order valence-electron chi connectivity index (χ1n) is 5.71. The third-order valence-electron chi connectivity index (χ3n) is 3.00. The summed E-state index contributed by atoms with van der Waals surface area (Å²) in [6, 6.07) is 8.25. The van der Waals surface area contributed by atoms with Gasteiger partial charge in [0.2, 0.25) is 0 Å². The minimum atomic E-state index is 0.0819. The second-order valence-corrected chi connectivity index (χ2v) is 4.29. The Morgan fingerprint density at radius 2 is 2.00 bits per heavy atom. The Balaban J connectivity index is 2.17. The van der Waals surface area contributed by atoms with E-state index in [2.05, 4.69) is 41.3 Å². The van der Waals surface area contributed by atoms with Crippen LogP contribution in [0.15, 0.2) is 30.6 Å². The highest BCUT2D eigenvalue weighted by Crippen LogP contribution is 2.19. The molecule has 0 saturated carbocycles. The smallest absolute Gasteiger partial charge is 0.138 e. The number of benzene rings is 1. The van der Waals surface area contributed by atoms with Crippen molar-refractivity contribution in [2.24, 2.45) is 7.05 Å². The van der Waals surface area contributed by atoms with Gasteiger partial charge in [-0.3, -0.25) is 4.68 Å². The minimum absolute atomic E-state index is 0.0819. The van der Waals surface area contributed by atoms with Crippen molar-refractivity contribution in [2.45, 2.75) is 19.3 Å². The van der Waals surface area contributed by atoms with E-state index in [9.17, 15) is 5.11 Å². The van der Waals surface area contributed by atoms with E-state index in [4.69, 9.17) is 0 Å². The van der Waals surface area contributed by atoms with E-state index in [0.29, 0.717) is 6.42 Å². The van der Waals surface area contributed by atoms with Crippen LogP contribution in [-0.2, 0) is 13.5 Å². The van der Waals surface area contributed by atoms with Crippen molar-refractivity contribution in [3.05, 3.63) is 47.5 Å². The van der Waals surface area contributed by atoms with Crippen molar-refractivity contribution in [1.82, 2.24) is 14.8 Å². The van der Waals surface area contributed by atoms with Crippen LogP contribution in [0.4, 0.5) is 0 Å². The van der Waals surface area contributed by atoms with Gasteiger partial charge in [-0.05, 0) is 12.5 Å². The molecule has 17 heavy (non-hydrogen) atoms. The molecular formula is C13H17N3O. The Morgan fingerprint density at radius 1 is 1.29 bits per heavy atom. The van der Waals surface area contributed by atoms with Crippen LogP contribution >= 0.6 is 0 Å². The molecule has 0 fully saturated rings. The van der Waals surface area contributed by atoms with Crippen LogP contribution in [0, 0.1) is 6.92 Å². The van der Waals surface area contributed by atoms with Crippen LogP contribution in [0.2, 0.25) is 0 Å². The van der Waals surface area contributed by atoms with Crippen LogP contribution < -0.4 is 0 Å². The third kappa shape index (κ3) is 2.71. The first-order chi connectivity index (χ1) is 8.20. The summed E-state index contributed by atoms with van der Waals surface area (Å²) in [5, 5.41) is 13.5. The van der Waals surface area contributed by atoms with Gasteiger partial charge in [-0.25, -0.2) is 4.98 Å². The van der Waals surface area contributed by atoms with E-state index in [1.54, 1.807) is 11.0 Å². The molecule has 2 aromatic rings. The first-order valence-corrected chi connectivity index (χ1v) is 5.71. The van der Waals surface area contributed by atoms with Crippen molar-refractivity contribution in [3.63, 3.8) is 0 Å². The van der Waals surface area contributed by atoms with Crippen molar-refractivity contribution < 1.29 is 5.11 Å². The molecule has 4 heteroatoms. The fraction of sp³-hybridized carbons (Fsp3) is 0.385. The number of rotatable bonds is 4. The van der Waals surface area contributed by atoms with Crippen LogP contribution in [0.5, 0.6) is 0 Å². The molecule has 0 radical (unpaired) electrons. The number of aliphatic hydroxyl groups excluding tert-OH is 1. The molecule has 0 aliphatic rings. The van der Waals surface area contributed by atoms with E-state index < -0.39 is 0 Å². The third-order valence-corrected chi connectivity index (χ3v) is 3.00. The zero-order chi connectivity index (χ0) is 12.3. The molecule has 0 amide bonds. The quantitative estimate of drug-likeness (QED) is 0.866. The molecule has 0 aliphatic carbocycles. The number of aliphatic hydroxyl groups is 1. The number of hydrogen-bond donors (Lipinski definition) is 1. The van der Waals surface area contributed by atoms with Gasteiger partial charge in [0.05, 0.1) is 6.61 Å². The molecule has 1 unspecified atom stereocenters. The van der Waals surface area contributed by atoms with Crippen molar-refractivity contribution in [1.29, 1.82) is 0 Å². The van der Waals surface area contributed by atoms with Gasteiger partial charge in [0.1, 0.15) is 12.2 Å². The van der Waals surface area contributed by atoms with Crippen LogP contribution in [0.3, 0.4) is 0 Å². The minimum Gasteiger partial charge on any atom is -0.396 e. The molecule has 0 aliphatic heterocycles. The standard InChI is InChI=1S/C13H17N3O/c1-10-3-5-11(6-4-10)12(8-17)7-13-14-9-15-16(13)2/h3-6,9,12,17H,7-8H2,1-2H3. The molecule has 0 saturated heterocycles. The highest BCUT2D eigenvalue weighted by Gasteiger charge is 2.14. The van der Waals surface area contributed by atoms with E-state index in [1.807, 2.05) is 7.05 Å². The fourth-order valence-electron chi connectivity index (χ4n) is 1.85. The number of hydrogen-bond acceptors (Lipinski definition) is 3. The van der Waals surface area contributed by atoms with Gasteiger partial charge in [0.25, 0.3) is 0 Å². The Hall–Kier alpha value is -1.68. The maximum atomic E-state index is 9.48. The van der Waals surface area contributed by atoms with Gasteiger partial charge in [-0.2, -0.15) is 5.10 Å². The second kappa shape index (κ2) is 5.10. The molecule has 1 atom stereocenters. The molecule has 1 N–H and O–H groups in total. The molecule has 0 bridgehead atoms. The molecule has 1 aromatic heterocycles. The molecule has 2 rings (SSSR count). The summed E-state index contributed by atoms with van der Waals surface area (Å²) >= 11 is 0. The largest absolute Gasteiger partial charge is 0.396 e. The lowest BCUT2D eigenvalue weighted by atomic mass is 9.95. The zero-order valence-corrected chi connectivity index (χ0v) is 10.2. The number of nitrogens with zero attached hydrogens (tertiary/aromatic N) is 3. The maximum Gasteiger partial charge on any atom is 0.138 e. The lowest BCUT2D eigenvalue weighted by molar-refractivity contribution is 0.262. The van der Waals surface area contributed by atoms with Crippen LogP contribution in [0.1, 0.15) is 22.9 Å². The summed E-state index contributed by atoms with van der Waals surface area (Å²) < 4.78 is 1.75. The van der Waals surface area contributed by atoms with Gasteiger partial charge in [-0.15, -0.1) is 0 Å². The molecule has 1 heterocycles. The Bertz CT molecular complexity index is 476. The van der Waals surface area contributed by atoms with Gasteiger partial charge in [0, 0.05) is 19.4 Å². The summed E-state index contributed by atoms with van der Waals surface area (Å²) in [5.74, 6) is 0.975. The fourth-order valence-corrected chi connectivity index (χ4v) is 1.85.